The first kappa shape index (κ1) is 16.5. The molecule has 4 nitrogen and oxygen atoms in total. The minimum absolute atomic E-state index is 0.241. The summed E-state index contributed by atoms with van der Waals surface area (Å²) in [5, 5.41) is 5.77. The fourth-order valence-electron chi connectivity index (χ4n) is 1.37. The van der Waals surface area contributed by atoms with Crippen LogP contribution in [-0.4, -0.2) is 18.4 Å². The highest BCUT2D eigenvalue weighted by atomic mass is 35.5. The maximum atomic E-state index is 12.2. The van der Waals surface area contributed by atoms with Crippen LogP contribution in [0.25, 0.3) is 0 Å². The van der Waals surface area contributed by atoms with Crippen molar-refractivity contribution in [3.05, 3.63) is 40.9 Å². The molecule has 0 fully saturated rings. The van der Waals surface area contributed by atoms with Crippen LogP contribution < -0.4 is 10.6 Å². The van der Waals surface area contributed by atoms with Crippen LogP contribution in [0.5, 0.6) is 0 Å². The van der Waals surface area contributed by atoms with Gasteiger partial charge >= 0.3 is 0 Å². The molecule has 1 rings (SSSR count). The molecule has 0 bridgehead atoms. The average Bonchev–Trinajstić information content (AvgIpc) is 2.40. The molecule has 0 aliphatic heterocycles. The molecule has 0 spiro atoms. The van der Waals surface area contributed by atoms with Gasteiger partial charge in [-0.25, -0.2) is 0 Å². The Bertz CT molecular complexity index is 542. The van der Waals surface area contributed by atoms with Gasteiger partial charge in [0.15, 0.2) is 0 Å². The van der Waals surface area contributed by atoms with E-state index in [1.54, 1.807) is 24.3 Å². The van der Waals surface area contributed by atoms with Crippen molar-refractivity contribution in [1.82, 2.24) is 5.32 Å². The monoisotopic (exact) mass is 314 g/mol. The van der Waals surface area contributed by atoms with Crippen LogP contribution in [-0.2, 0) is 9.59 Å². The van der Waals surface area contributed by atoms with Gasteiger partial charge in [-0.3, -0.25) is 9.59 Å². The number of carbonyl (C=O) groups is 2. The van der Waals surface area contributed by atoms with E-state index in [0.717, 1.165) is 0 Å². The van der Waals surface area contributed by atoms with Gasteiger partial charge < -0.3 is 10.6 Å². The quantitative estimate of drug-likeness (QED) is 0.647. The highest BCUT2D eigenvalue weighted by Gasteiger charge is 2.36. The summed E-state index contributed by atoms with van der Waals surface area (Å²) in [4.78, 5) is 24.1. The number of rotatable bonds is 5. The Hall–Kier alpha value is -1.52. The second-order valence-electron chi connectivity index (χ2n) is 4.68. The first-order valence-corrected chi connectivity index (χ1v) is 6.71. The van der Waals surface area contributed by atoms with Crippen molar-refractivity contribution in [2.45, 2.75) is 13.8 Å². The summed E-state index contributed by atoms with van der Waals surface area (Å²) in [5.41, 5.74) is -0.872. The molecule has 0 unspecified atom stereocenters. The van der Waals surface area contributed by atoms with Gasteiger partial charge in [-0.1, -0.05) is 35.3 Å². The highest BCUT2D eigenvalue weighted by molar-refractivity contribution is 6.44. The number of hydrogen-bond donors (Lipinski definition) is 2. The first-order valence-electron chi connectivity index (χ1n) is 5.95. The summed E-state index contributed by atoms with van der Waals surface area (Å²) < 4.78 is 0. The molecule has 2 amide bonds. The Morgan fingerprint density at radius 2 is 1.95 bits per heavy atom. The molecule has 1 aromatic carbocycles. The zero-order valence-corrected chi connectivity index (χ0v) is 12.8. The fourth-order valence-corrected chi connectivity index (χ4v) is 1.72. The van der Waals surface area contributed by atoms with Crippen LogP contribution in [0.15, 0.2) is 30.9 Å². The van der Waals surface area contributed by atoms with Crippen LogP contribution in [0.1, 0.15) is 13.8 Å². The summed E-state index contributed by atoms with van der Waals surface area (Å²) in [7, 11) is 0. The SMILES string of the molecule is C=CCNC(=O)C(C)(C)C(=O)Nc1cccc(Cl)c1Cl. The predicted molar refractivity (Wildman–Crippen MR) is 82.1 cm³/mol. The van der Waals surface area contributed by atoms with Crippen molar-refractivity contribution in [3.8, 4) is 0 Å². The molecule has 108 valence electrons. The molecule has 2 N–H and O–H groups in total. The topological polar surface area (TPSA) is 58.2 Å². The number of amides is 2. The predicted octanol–water partition coefficient (Wildman–Crippen LogP) is 3.26. The van der Waals surface area contributed by atoms with Crippen LogP contribution in [0.2, 0.25) is 10.0 Å². The van der Waals surface area contributed by atoms with Crippen molar-refractivity contribution in [2.24, 2.45) is 5.41 Å². The zero-order valence-electron chi connectivity index (χ0n) is 11.3. The van der Waals surface area contributed by atoms with E-state index in [4.69, 9.17) is 23.2 Å². The molecule has 0 atom stereocenters. The maximum absolute atomic E-state index is 12.2. The van der Waals surface area contributed by atoms with Crippen LogP contribution in [0, 0.1) is 5.41 Å². The Morgan fingerprint density at radius 1 is 1.30 bits per heavy atom. The Kier molecular flexibility index (Phi) is 5.60. The third-order valence-corrected chi connectivity index (χ3v) is 3.56. The van der Waals surface area contributed by atoms with E-state index in [-0.39, 0.29) is 5.02 Å². The van der Waals surface area contributed by atoms with E-state index < -0.39 is 17.2 Å². The maximum Gasteiger partial charge on any atom is 0.239 e. The van der Waals surface area contributed by atoms with Gasteiger partial charge in [0.2, 0.25) is 11.8 Å². The lowest BCUT2D eigenvalue weighted by Gasteiger charge is -2.22. The van der Waals surface area contributed by atoms with Gasteiger partial charge in [0.25, 0.3) is 0 Å². The number of benzene rings is 1. The van der Waals surface area contributed by atoms with Gasteiger partial charge in [0, 0.05) is 6.54 Å². The molecular formula is C14H16Cl2N2O2. The molecule has 0 saturated carbocycles. The van der Waals surface area contributed by atoms with E-state index in [2.05, 4.69) is 17.2 Å². The van der Waals surface area contributed by atoms with E-state index in [1.165, 1.54) is 13.8 Å². The molecule has 0 aromatic heterocycles. The van der Waals surface area contributed by atoms with Crippen LogP contribution in [0.4, 0.5) is 5.69 Å². The van der Waals surface area contributed by atoms with Crippen molar-refractivity contribution < 1.29 is 9.59 Å². The molecule has 0 saturated heterocycles. The number of halogens is 2. The van der Waals surface area contributed by atoms with Gasteiger partial charge in [-0.15, -0.1) is 6.58 Å². The van der Waals surface area contributed by atoms with Crippen molar-refractivity contribution >= 4 is 40.7 Å². The van der Waals surface area contributed by atoms with E-state index in [1.807, 2.05) is 0 Å². The van der Waals surface area contributed by atoms with Crippen LogP contribution in [0.3, 0.4) is 0 Å². The number of carbonyl (C=O) groups excluding carboxylic acids is 2. The van der Waals surface area contributed by atoms with Crippen LogP contribution >= 0.6 is 23.2 Å². The lowest BCUT2D eigenvalue weighted by molar-refractivity contribution is -0.138. The van der Waals surface area contributed by atoms with Gasteiger partial charge in [0.1, 0.15) is 5.41 Å². The molecular weight excluding hydrogens is 299 g/mol. The smallest absolute Gasteiger partial charge is 0.239 e. The highest BCUT2D eigenvalue weighted by Crippen LogP contribution is 2.30. The minimum Gasteiger partial charge on any atom is -0.352 e. The molecule has 0 aliphatic rings. The molecule has 20 heavy (non-hydrogen) atoms. The molecule has 6 heteroatoms. The summed E-state index contributed by atoms with van der Waals surface area (Å²) >= 11 is 11.9. The van der Waals surface area contributed by atoms with E-state index in [0.29, 0.717) is 17.3 Å². The third kappa shape index (κ3) is 3.74. The number of hydrogen-bond acceptors (Lipinski definition) is 2. The fraction of sp³-hybridized carbons (Fsp3) is 0.286. The zero-order chi connectivity index (χ0) is 15.3. The lowest BCUT2D eigenvalue weighted by Crippen LogP contribution is -2.45. The van der Waals surface area contributed by atoms with Gasteiger partial charge in [-0.2, -0.15) is 0 Å². The summed E-state index contributed by atoms with van der Waals surface area (Å²) in [5.74, 6) is -0.865. The average molecular weight is 315 g/mol. The van der Waals surface area contributed by atoms with Gasteiger partial charge in [0.05, 0.1) is 15.7 Å². The molecule has 0 heterocycles. The number of nitrogens with one attached hydrogen (secondary N) is 2. The largest absolute Gasteiger partial charge is 0.352 e. The summed E-state index contributed by atoms with van der Waals surface area (Å²) in [6.07, 6.45) is 1.54. The Morgan fingerprint density at radius 3 is 2.55 bits per heavy atom. The van der Waals surface area contributed by atoms with Crippen molar-refractivity contribution in [1.29, 1.82) is 0 Å². The second-order valence-corrected chi connectivity index (χ2v) is 5.46. The second kappa shape index (κ2) is 6.77. The normalized spacial score (nSPS) is 10.8. The molecule has 0 aliphatic carbocycles. The number of anilines is 1. The summed E-state index contributed by atoms with van der Waals surface area (Å²) in [6, 6.07) is 4.89. The molecule has 1 aromatic rings. The summed E-state index contributed by atoms with van der Waals surface area (Å²) in [6.45, 7) is 6.85. The third-order valence-electron chi connectivity index (χ3n) is 2.74. The van der Waals surface area contributed by atoms with Gasteiger partial charge in [-0.05, 0) is 26.0 Å². The van der Waals surface area contributed by atoms with E-state index >= 15 is 0 Å². The first-order chi connectivity index (χ1) is 9.30. The molecule has 0 radical (unpaired) electrons. The van der Waals surface area contributed by atoms with Crippen molar-refractivity contribution in [3.63, 3.8) is 0 Å². The van der Waals surface area contributed by atoms with Crippen molar-refractivity contribution in [2.75, 3.05) is 11.9 Å². The minimum atomic E-state index is -1.24. The standard InChI is InChI=1S/C14H16Cl2N2O2/c1-4-8-17-12(19)14(2,3)13(20)18-10-7-5-6-9(15)11(10)16/h4-7H,1,8H2,2-3H3,(H,17,19)(H,18,20). The Labute approximate surface area is 128 Å². The van der Waals surface area contributed by atoms with E-state index in [9.17, 15) is 9.59 Å². The Balaban J connectivity index is 2.86. The lowest BCUT2D eigenvalue weighted by atomic mass is 9.91.